The Hall–Kier alpha value is -1.91. The van der Waals surface area contributed by atoms with Crippen molar-refractivity contribution in [2.24, 2.45) is 0 Å². The van der Waals surface area contributed by atoms with E-state index in [9.17, 15) is 4.79 Å². The molecule has 2 aromatic carbocycles. The average Bonchev–Trinajstić information content (AvgIpc) is 2.51. The molecule has 0 atom stereocenters. The summed E-state index contributed by atoms with van der Waals surface area (Å²) in [4.78, 5) is 11.8. The first-order chi connectivity index (χ1) is 11.0. The molecule has 0 spiro atoms. The number of carbonyl (C=O) groups excluding carboxylic acids is 1. The molecule has 0 aliphatic heterocycles. The van der Waals surface area contributed by atoms with Crippen LogP contribution in [0.3, 0.4) is 0 Å². The van der Waals surface area contributed by atoms with Crippen molar-refractivity contribution >= 4 is 35.6 Å². The number of hydrogen-bond acceptors (Lipinski definition) is 3. The second-order valence-electron chi connectivity index (χ2n) is 5.38. The van der Waals surface area contributed by atoms with E-state index in [2.05, 4.69) is 5.32 Å². The monoisotopic (exact) mass is 368 g/mol. The minimum atomic E-state index is -0.00237. The lowest BCUT2D eigenvalue weighted by molar-refractivity contribution is -0.120. The van der Waals surface area contributed by atoms with Gasteiger partial charge < -0.3 is 15.8 Å². The summed E-state index contributed by atoms with van der Waals surface area (Å²) in [5.74, 6) is 0.819. The lowest BCUT2D eigenvalue weighted by Crippen LogP contribution is -2.27. The summed E-state index contributed by atoms with van der Waals surface area (Å²) in [6.45, 7) is 3.08. The Labute approximate surface area is 153 Å². The first kappa shape index (κ1) is 20.1. The van der Waals surface area contributed by atoms with Crippen molar-refractivity contribution in [3.63, 3.8) is 0 Å². The molecule has 4 nitrogen and oxygen atoms in total. The molecule has 0 saturated carbocycles. The van der Waals surface area contributed by atoms with E-state index in [1.165, 1.54) is 0 Å². The molecule has 0 radical (unpaired) electrons. The van der Waals surface area contributed by atoms with Gasteiger partial charge in [0, 0.05) is 17.3 Å². The fraction of sp³-hybridized carbons (Fsp3) is 0.278. The van der Waals surface area contributed by atoms with Crippen molar-refractivity contribution in [1.82, 2.24) is 5.32 Å². The molecule has 0 saturated heterocycles. The van der Waals surface area contributed by atoms with Gasteiger partial charge in [0.2, 0.25) is 5.91 Å². The van der Waals surface area contributed by atoms with Gasteiger partial charge in [-0.05, 0) is 54.8 Å². The van der Waals surface area contributed by atoms with Crippen LogP contribution in [-0.2, 0) is 11.2 Å². The smallest absolute Gasteiger partial charge is 0.224 e. The predicted molar refractivity (Wildman–Crippen MR) is 101 cm³/mol. The SMILES string of the molecule is Cc1cc(Cl)ccc1OCCCNC(=O)Cc1ccc(N)cc1.Cl. The molecule has 2 rings (SSSR count). The van der Waals surface area contributed by atoms with E-state index in [-0.39, 0.29) is 18.3 Å². The highest BCUT2D eigenvalue weighted by molar-refractivity contribution is 6.30. The number of aryl methyl sites for hydroxylation is 1. The number of halogens is 2. The van der Waals surface area contributed by atoms with Crippen LogP contribution in [0.15, 0.2) is 42.5 Å². The zero-order chi connectivity index (χ0) is 16.7. The summed E-state index contributed by atoms with van der Waals surface area (Å²) in [6, 6.07) is 12.8. The number of anilines is 1. The quantitative estimate of drug-likeness (QED) is 0.577. The van der Waals surface area contributed by atoms with E-state index < -0.39 is 0 Å². The van der Waals surface area contributed by atoms with E-state index in [1.54, 1.807) is 18.2 Å². The average molecular weight is 369 g/mol. The molecule has 0 aliphatic rings. The third kappa shape index (κ3) is 6.69. The molecule has 2 aromatic rings. The van der Waals surface area contributed by atoms with Gasteiger partial charge >= 0.3 is 0 Å². The number of nitrogen functional groups attached to an aromatic ring is 1. The third-order valence-corrected chi connectivity index (χ3v) is 3.62. The first-order valence-corrected chi connectivity index (χ1v) is 7.92. The molecular weight excluding hydrogens is 347 g/mol. The maximum Gasteiger partial charge on any atom is 0.224 e. The highest BCUT2D eigenvalue weighted by atomic mass is 35.5. The van der Waals surface area contributed by atoms with Crippen molar-refractivity contribution in [1.29, 1.82) is 0 Å². The van der Waals surface area contributed by atoms with E-state index in [1.807, 2.05) is 31.2 Å². The number of carbonyl (C=O) groups is 1. The molecule has 0 bridgehead atoms. The molecule has 0 heterocycles. The van der Waals surface area contributed by atoms with Gasteiger partial charge in [0.05, 0.1) is 13.0 Å². The van der Waals surface area contributed by atoms with Gasteiger partial charge in [-0.3, -0.25) is 4.79 Å². The number of amides is 1. The molecule has 24 heavy (non-hydrogen) atoms. The van der Waals surface area contributed by atoms with Crippen LogP contribution in [0.5, 0.6) is 5.75 Å². The minimum Gasteiger partial charge on any atom is -0.493 e. The van der Waals surface area contributed by atoms with E-state index >= 15 is 0 Å². The molecular formula is C18H22Cl2N2O2. The number of nitrogens with two attached hydrogens (primary N) is 1. The van der Waals surface area contributed by atoms with E-state index in [0.29, 0.717) is 30.3 Å². The van der Waals surface area contributed by atoms with Gasteiger partial charge in [0.25, 0.3) is 0 Å². The lowest BCUT2D eigenvalue weighted by Gasteiger charge is -2.10. The summed E-state index contributed by atoms with van der Waals surface area (Å²) >= 11 is 5.90. The minimum absolute atomic E-state index is 0. The highest BCUT2D eigenvalue weighted by Gasteiger charge is 2.03. The summed E-state index contributed by atoms with van der Waals surface area (Å²) in [5.41, 5.74) is 8.27. The van der Waals surface area contributed by atoms with Crippen LogP contribution in [0.4, 0.5) is 5.69 Å². The second kappa shape index (κ2) is 10.1. The Balaban J connectivity index is 0.00000288. The molecule has 0 aliphatic carbocycles. The van der Waals surface area contributed by atoms with Gasteiger partial charge in [-0.15, -0.1) is 12.4 Å². The molecule has 130 valence electrons. The van der Waals surface area contributed by atoms with Crippen LogP contribution in [0, 0.1) is 6.92 Å². The lowest BCUT2D eigenvalue weighted by atomic mass is 10.1. The Bertz CT molecular complexity index is 661. The summed E-state index contributed by atoms with van der Waals surface area (Å²) in [5, 5.41) is 3.58. The number of hydrogen-bond donors (Lipinski definition) is 2. The normalized spacial score (nSPS) is 9.92. The van der Waals surface area contributed by atoms with Crippen LogP contribution >= 0.6 is 24.0 Å². The Morgan fingerprint density at radius 2 is 1.92 bits per heavy atom. The van der Waals surface area contributed by atoms with Gasteiger partial charge in [-0.2, -0.15) is 0 Å². The van der Waals surface area contributed by atoms with Crippen LogP contribution in [-0.4, -0.2) is 19.1 Å². The largest absolute Gasteiger partial charge is 0.493 e. The van der Waals surface area contributed by atoms with Crippen molar-refractivity contribution in [3.05, 3.63) is 58.6 Å². The first-order valence-electron chi connectivity index (χ1n) is 7.54. The fourth-order valence-corrected chi connectivity index (χ4v) is 2.37. The Kier molecular flexibility index (Phi) is 8.44. The van der Waals surface area contributed by atoms with Crippen LogP contribution in [0.2, 0.25) is 5.02 Å². The zero-order valence-corrected chi connectivity index (χ0v) is 15.1. The van der Waals surface area contributed by atoms with Crippen molar-refractivity contribution in [3.8, 4) is 5.75 Å². The van der Waals surface area contributed by atoms with Crippen LogP contribution in [0.1, 0.15) is 17.5 Å². The van der Waals surface area contributed by atoms with Gasteiger partial charge in [-0.25, -0.2) is 0 Å². The molecule has 1 amide bonds. The van der Waals surface area contributed by atoms with E-state index in [0.717, 1.165) is 23.3 Å². The molecule has 0 aromatic heterocycles. The van der Waals surface area contributed by atoms with Gasteiger partial charge in [-0.1, -0.05) is 23.7 Å². The summed E-state index contributed by atoms with van der Waals surface area (Å²) < 4.78 is 5.68. The third-order valence-electron chi connectivity index (χ3n) is 3.38. The molecule has 6 heteroatoms. The molecule has 3 N–H and O–H groups in total. The molecule has 0 unspecified atom stereocenters. The van der Waals surface area contributed by atoms with Crippen molar-refractivity contribution in [2.75, 3.05) is 18.9 Å². The molecule has 0 fully saturated rings. The Morgan fingerprint density at radius 3 is 2.58 bits per heavy atom. The van der Waals surface area contributed by atoms with E-state index in [4.69, 9.17) is 22.1 Å². The van der Waals surface area contributed by atoms with Crippen LogP contribution in [0.25, 0.3) is 0 Å². The summed E-state index contributed by atoms with van der Waals surface area (Å²) in [7, 11) is 0. The Morgan fingerprint density at radius 1 is 1.21 bits per heavy atom. The van der Waals surface area contributed by atoms with Gasteiger partial charge in [0.15, 0.2) is 0 Å². The number of benzene rings is 2. The maximum atomic E-state index is 11.8. The van der Waals surface area contributed by atoms with Gasteiger partial charge in [0.1, 0.15) is 5.75 Å². The number of nitrogens with one attached hydrogen (secondary N) is 1. The number of rotatable bonds is 7. The van der Waals surface area contributed by atoms with Crippen LogP contribution < -0.4 is 15.8 Å². The summed E-state index contributed by atoms with van der Waals surface area (Å²) in [6.07, 6.45) is 1.10. The van der Waals surface area contributed by atoms with Crippen molar-refractivity contribution in [2.45, 2.75) is 19.8 Å². The number of ether oxygens (including phenoxy) is 1. The maximum absolute atomic E-state index is 11.8. The second-order valence-corrected chi connectivity index (χ2v) is 5.82. The predicted octanol–water partition coefficient (Wildman–Crippen LogP) is 3.78. The fourth-order valence-electron chi connectivity index (χ4n) is 2.14. The van der Waals surface area contributed by atoms with Crippen molar-refractivity contribution < 1.29 is 9.53 Å². The standard InChI is InChI=1S/C18H21ClN2O2.ClH/c1-13-11-15(19)5-8-17(13)23-10-2-9-21-18(22)12-14-3-6-16(20)7-4-14;/h3-8,11H,2,9-10,12,20H2,1H3,(H,21,22);1H. The highest BCUT2D eigenvalue weighted by Crippen LogP contribution is 2.21. The zero-order valence-electron chi connectivity index (χ0n) is 13.5. The topological polar surface area (TPSA) is 64.3 Å².